The standard InChI is InChI=1S/C11H22O/c1-5-10-8-9(6-7-12-10)11(2,3)4/h9-10H,5-8H2,1-4H3/t9-,10-/m1/s1. The predicted octanol–water partition coefficient (Wildman–Crippen LogP) is 3.24. The molecule has 0 amide bonds. The second-order valence-corrected chi connectivity index (χ2v) is 4.99. The Hall–Kier alpha value is -0.0400. The quantitative estimate of drug-likeness (QED) is 0.587. The highest BCUT2D eigenvalue weighted by atomic mass is 16.5. The Bertz CT molecular complexity index is 134. The highest BCUT2D eigenvalue weighted by molar-refractivity contribution is 4.79. The summed E-state index contributed by atoms with van der Waals surface area (Å²) in [6, 6.07) is 0. The molecule has 1 fully saturated rings. The van der Waals surface area contributed by atoms with Crippen molar-refractivity contribution in [1.29, 1.82) is 0 Å². The highest BCUT2D eigenvalue weighted by Crippen LogP contribution is 2.36. The van der Waals surface area contributed by atoms with E-state index < -0.39 is 0 Å². The Balaban J connectivity index is 2.46. The molecule has 0 unspecified atom stereocenters. The molecule has 1 aliphatic rings. The van der Waals surface area contributed by atoms with Crippen molar-refractivity contribution in [2.45, 2.75) is 53.1 Å². The molecule has 0 aliphatic carbocycles. The van der Waals surface area contributed by atoms with E-state index >= 15 is 0 Å². The Morgan fingerprint density at radius 2 is 2.00 bits per heavy atom. The van der Waals surface area contributed by atoms with Gasteiger partial charge >= 0.3 is 0 Å². The van der Waals surface area contributed by atoms with E-state index in [0.717, 1.165) is 12.5 Å². The maximum atomic E-state index is 5.65. The Morgan fingerprint density at radius 3 is 2.50 bits per heavy atom. The molecule has 0 spiro atoms. The lowest BCUT2D eigenvalue weighted by molar-refractivity contribution is -0.0359. The molecule has 0 aromatic heterocycles. The van der Waals surface area contributed by atoms with E-state index in [9.17, 15) is 0 Å². The van der Waals surface area contributed by atoms with Crippen LogP contribution in [0.1, 0.15) is 47.0 Å². The summed E-state index contributed by atoms with van der Waals surface area (Å²) in [6.45, 7) is 10.2. The van der Waals surface area contributed by atoms with Gasteiger partial charge in [-0.15, -0.1) is 0 Å². The van der Waals surface area contributed by atoms with Gasteiger partial charge in [-0.3, -0.25) is 0 Å². The molecule has 0 aromatic rings. The summed E-state index contributed by atoms with van der Waals surface area (Å²) in [5.74, 6) is 0.858. The minimum atomic E-state index is 0.469. The molecule has 0 N–H and O–H groups in total. The number of rotatable bonds is 1. The second-order valence-electron chi connectivity index (χ2n) is 4.99. The van der Waals surface area contributed by atoms with Gasteiger partial charge in [-0.1, -0.05) is 27.7 Å². The van der Waals surface area contributed by atoms with Crippen LogP contribution in [0, 0.1) is 11.3 Å². The van der Waals surface area contributed by atoms with Crippen LogP contribution in [0.15, 0.2) is 0 Å². The van der Waals surface area contributed by atoms with E-state index in [-0.39, 0.29) is 0 Å². The van der Waals surface area contributed by atoms with Crippen LogP contribution in [0.5, 0.6) is 0 Å². The van der Waals surface area contributed by atoms with Crippen molar-refractivity contribution in [2.75, 3.05) is 6.61 Å². The average Bonchev–Trinajstić information content (AvgIpc) is 2.03. The van der Waals surface area contributed by atoms with Gasteiger partial charge in [0.1, 0.15) is 0 Å². The van der Waals surface area contributed by atoms with E-state index in [1.165, 1.54) is 19.3 Å². The van der Waals surface area contributed by atoms with Crippen LogP contribution in [0.4, 0.5) is 0 Å². The smallest absolute Gasteiger partial charge is 0.0575 e. The van der Waals surface area contributed by atoms with Crippen LogP contribution in [0.3, 0.4) is 0 Å². The summed E-state index contributed by atoms with van der Waals surface area (Å²) in [4.78, 5) is 0. The fraction of sp³-hybridized carbons (Fsp3) is 1.00. The third kappa shape index (κ3) is 2.48. The molecule has 2 atom stereocenters. The molecule has 0 aromatic carbocycles. The zero-order valence-corrected chi connectivity index (χ0v) is 8.89. The van der Waals surface area contributed by atoms with Gasteiger partial charge in [0.15, 0.2) is 0 Å². The molecule has 1 heterocycles. The second kappa shape index (κ2) is 3.78. The number of hydrogen-bond acceptors (Lipinski definition) is 1. The molecule has 72 valence electrons. The lowest BCUT2D eigenvalue weighted by Gasteiger charge is -2.37. The van der Waals surface area contributed by atoms with E-state index in [1.54, 1.807) is 0 Å². The average molecular weight is 170 g/mol. The van der Waals surface area contributed by atoms with Gasteiger partial charge in [-0.05, 0) is 30.6 Å². The maximum absolute atomic E-state index is 5.65. The van der Waals surface area contributed by atoms with Crippen LogP contribution in [-0.2, 0) is 4.74 Å². The fourth-order valence-electron chi connectivity index (χ4n) is 1.95. The van der Waals surface area contributed by atoms with Crippen molar-refractivity contribution in [3.63, 3.8) is 0 Å². The van der Waals surface area contributed by atoms with Crippen LogP contribution < -0.4 is 0 Å². The Morgan fingerprint density at radius 1 is 1.33 bits per heavy atom. The van der Waals surface area contributed by atoms with E-state index in [2.05, 4.69) is 27.7 Å². The molecule has 0 bridgehead atoms. The first kappa shape index (κ1) is 10.0. The van der Waals surface area contributed by atoms with E-state index in [4.69, 9.17) is 4.74 Å². The molecule has 1 nitrogen and oxygen atoms in total. The van der Waals surface area contributed by atoms with E-state index in [1.807, 2.05) is 0 Å². The highest BCUT2D eigenvalue weighted by Gasteiger charge is 2.30. The van der Waals surface area contributed by atoms with Crippen LogP contribution in [0.2, 0.25) is 0 Å². The van der Waals surface area contributed by atoms with Gasteiger partial charge in [-0.25, -0.2) is 0 Å². The normalized spacial score (nSPS) is 32.0. The minimum absolute atomic E-state index is 0.469. The summed E-state index contributed by atoms with van der Waals surface area (Å²) in [5.41, 5.74) is 0.469. The summed E-state index contributed by atoms with van der Waals surface area (Å²) < 4.78 is 5.65. The SMILES string of the molecule is CC[C@@H]1C[C@H](C(C)(C)C)CCO1. The van der Waals surface area contributed by atoms with Crippen molar-refractivity contribution in [3.8, 4) is 0 Å². The molecular weight excluding hydrogens is 148 g/mol. The molecule has 1 saturated heterocycles. The Labute approximate surface area is 76.5 Å². The lowest BCUT2D eigenvalue weighted by atomic mass is 9.74. The number of hydrogen-bond donors (Lipinski definition) is 0. The molecule has 12 heavy (non-hydrogen) atoms. The first-order valence-corrected chi connectivity index (χ1v) is 5.15. The minimum Gasteiger partial charge on any atom is -0.378 e. The van der Waals surface area contributed by atoms with Crippen molar-refractivity contribution >= 4 is 0 Å². The predicted molar refractivity (Wildman–Crippen MR) is 52.2 cm³/mol. The Kier molecular flexibility index (Phi) is 3.16. The van der Waals surface area contributed by atoms with Gasteiger partial charge < -0.3 is 4.74 Å². The summed E-state index contributed by atoms with van der Waals surface area (Å²) in [7, 11) is 0. The molecule has 1 rings (SSSR count). The topological polar surface area (TPSA) is 9.23 Å². The van der Waals surface area contributed by atoms with Gasteiger partial charge in [0.05, 0.1) is 6.10 Å². The maximum Gasteiger partial charge on any atom is 0.0575 e. The molecule has 1 aliphatic heterocycles. The zero-order chi connectivity index (χ0) is 9.19. The summed E-state index contributed by atoms with van der Waals surface area (Å²) in [5, 5.41) is 0. The van der Waals surface area contributed by atoms with Crippen LogP contribution >= 0.6 is 0 Å². The monoisotopic (exact) mass is 170 g/mol. The van der Waals surface area contributed by atoms with Gasteiger partial charge in [0.25, 0.3) is 0 Å². The molecule has 1 heteroatoms. The third-order valence-corrected chi connectivity index (χ3v) is 3.05. The fourth-order valence-corrected chi connectivity index (χ4v) is 1.95. The van der Waals surface area contributed by atoms with Gasteiger partial charge in [0.2, 0.25) is 0 Å². The van der Waals surface area contributed by atoms with Crippen LogP contribution in [-0.4, -0.2) is 12.7 Å². The van der Waals surface area contributed by atoms with Gasteiger partial charge in [-0.2, -0.15) is 0 Å². The molecular formula is C11H22O. The third-order valence-electron chi connectivity index (χ3n) is 3.05. The lowest BCUT2D eigenvalue weighted by Crippen LogP contribution is -2.32. The molecule has 0 saturated carbocycles. The summed E-state index contributed by atoms with van der Waals surface area (Å²) in [6.07, 6.45) is 4.22. The largest absolute Gasteiger partial charge is 0.378 e. The summed E-state index contributed by atoms with van der Waals surface area (Å²) >= 11 is 0. The van der Waals surface area contributed by atoms with Crippen LogP contribution in [0.25, 0.3) is 0 Å². The molecule has 0 radical (unpaired) electrons. The van der Waals surface area contributed by atoms with Crippen molar-refractivity contribution in [3.05, 3.63) is 0 Å². The van der Waals surface area contributed by atoms with Crippen molar-refractivity contribution in [2.24, 2.45) is 11.3 Å². The van der Waals surface area contributed by atoms with E-state index in [0.29, 0.717) is 11.5 Å². The zero-order valence-electron chi connectivity index (χ0n) is 8.89. The van der Waals surface area contributed by atoms with Gasteiger partial charge in [0, 0.05) is 6.61 Å². The number of ether oxygens (including phenoxy) is 1. The van der Waals surface area contributed by atoms with Crippen molar-refractivity contribution in [1.82, 2.24) is 0 Å². The first-order valence-electron chi connectivity index (χ1n) is 5.15. The first-order chi connectivity index (χ1) is 5.54. The van der Waals surface area contributed by atoms with Crippen molar-refractivity contribution < 1.29 is 4.74 Å².